The van der Waals surface area contributed by atoms with Gasteiger partial charge in [-0.2, -0.15) is 0 Å². The fraction of sp³-hybridized carbons (Fsp3) is 0.588. The quantitative estimate of drug-likeness (QED) is 0.729. The molecular formula is C17H27NO. The van der Waals surface area contributed by atoms with Gasteiger partial charge in [-0.3, -0.25) is 4.79 Å². The summed E-state index contributed by atoms with van der Waals surface area (Å²) in [5.74, 6) is 0.271. The molecule has 0 spiro atoms. The first-order chi connectivity index (χ1) is 9.01. The van der Waals surface area contributed by atoms with Crippen molar-refractivity contribution in [3.8, 4) is 0 Å². The largest absolute Gasteiger partial charge is 0.343 e. The van der Waals surface area contributed by atoms with Crippen molar-refractivity contribution < 1.29 is 4.79 Å². The van der Waals surface area contributed by atoms with Crippen LogP contribution < -0.4 is 0 Å². The Morgan fingerprint density at radius 2 is 1.79 bits per heavy atom. The summed E-state index contributed by atoms with van der Waals surface area (Å²) in [4.78, 5) is 14.6. The van der Waals surface area contributed by atoms with E-state index in [4.69, 9.17) is 0 Å². The highest BCUT2D eigenvalue weighted by Crippen LogP contribution is 2.25. The molecule has 0 fully saturated rings. The van der Waals surface area contributed by atoms with Crippen molar-refractivity contribution in [1.82, 2.24) is 4.90 Å². The average molecular weight is 261 g/mol. The van der Waals surface area contributed by atoms with Gasteiger partial charge in [-0.05, 0) is 25.3 Å². The Balaban J connectivity index is 2.71. The zero-order valence-electron chi connectivity index (χ0n) is 12.8. The second kappa shape index (κ2) is 7.32. The molecule has 0 N–H and O–H groups in total. The number of unbranched alkanes of at least 4 members (excludes halogenated alkanes) is 1. The highest BCUT2D eigenvalue weighted by Gasteiger charge is 2.31. The number of carbonyl (C=O) groups excluding carboxylic acids is 1. The Bertz CT molecular complexity index is 384. The average Bonchev–Trinajstić information content (AvgIpc) is 2.40. The summed E-state index contributed by atoms with van der Waals surface area (Å²) in [6.07, 6.45) is 3.01. The molecule has 19 heavy (non-hydrogen) atoms. The lowest BCUT2D eigenvalue weighted by molar-refractivity contribution is -0.140. The molecule has 0 aliphatic heterocycles. The molecule has 0 unspecified atom stereocenters. The van der Waals surface area contributed by atoms with Gasteiger partial charge in [0.25, 0.3) is 0 Å². The number of nitrogens with zero attached hydrogens (tertiary/aromatic N) is 1. The van der Waals surface area contributed by atoms with E-state index in [0.717, 1.165) is 32.4 Å². The standard InChI is InChI=1S/C17H27NO/c1-5-7-13-18(6-2)16(19)17(3,4)14-15-11-9-8-10-12-15/h8-12H,5-7,13-14H2,1-4H3. The molecule has 0 atom stereocenters. The van der Waals surface area contributed by atoms with Gasteiger partial charge in [0.05, 0.1) is 0 Å². The van der Waals surface area contributed by atoms with Gasteiger partial charge in [-0.15, -0.1) is 0 Å². The molecule has 0 saturated heterocycles. The second-order valence-electron chi connectivity index (χ2n) is 5.78. The Kier molecular flexibility index (Phi) is 6.07. The van der Waals surface area contributed by atoms with Crippen molar-refractivity contribution in [2.45, 2.75) is 47.0 Å². The number of amides is 1. The minimum atomic E-state index is -0.328. The molecule has 1 rings (SSSR count). The van der Waals surface area contributed by atoms with Crippen LogP contribution >= 0.6 is 0 Å². The van der Waals surface area contributed by atoms with Crippen LogP contribution in [0.2, 0.25) is 0 Å². The lowest BCUT2D eigenvalue weighted by atomic mass is 9.84. The number of hydrogen-bond donors (Lipinski definition) is 0. The summed E-state index contributed by atoms with van der Waals surface area (Å²) in [5.41, 5.74) is 0.901. The zero-order valence-corrected chi connectivity index (χ0v) is 12.8. The van der Waals surface area contributed by atoms with Gasteiger partial charge in [0, 0.05) is 18.5 Å². The maximum absolute atomic E-state index is 12.6. The Hall–Kier alpha value is -1.31. The lowest BCUT2D eigenvalue weighted by Gasteiger charge is -2.31. The fourth-order valence-electron chi connectivity index (χ4n) is 2.36. The van der Waals surface area contributed by atoms with Gasteiger partial charge in [0.2, 0.25) is 5.91 Å². The number of hydrogen-bond acceptors (Lipinski definition) is 1. The van der Waals surface area contributed by atoms with Crippen LogP contribution in [0.5, 0.6) is 0 Å². The molecule has 0 aliphatic carbocycles. The molecule has 0 aliphatic rings. The van der Waals surface area contributed by atoms with Crippen LogP contribution in [0, 0.1) is 5.41 Å². The van der Waals surface area contributed by atoms with Crippen molar-refractivity contribution in [3.05, 3.63) is 35.9 Å². The van der Waals surface area contributed by atoms with E-state index in [0.29, 0.717) is 0 Å². The van der Waals surface area contributed by atoms with E-state index in [9.17, 15) is 4.79 Å². The summed E-state index contributed by atoms with van der Waals surface area (Å²) >= 11 is 0. The Morgan fingerprint density at radius 3 is 2.32 bits per heavy atom. The van der Waals surface area contributed by atoms with Gasteiger partial charge in [-0.25, -0.2) is 0 Å². The van der Waals surface area contributed by atoms with E-state index in [1.165, 1.54) is 5.56 Å². The molecule has 0 saturated carbocycles. The summed E-state index contributed by atoms with van der Waals surface area (Å²) in [7, 11) is 0. The van der Waals surface area contributed by atoms with Crippen LogP contribution in [-0.4, -0.2) is 23.9 Å². The fourth-order valence-corrected chi connectivity index (χ4v) is 2.36. The van der Waals surface area contributed by atoms with Crippen molar-refractivity contribution in [1.29, 1.82) is 0 Å². The SMILES string of the molecule is CCCCN(CC)C(=O)C(C)(C)Cc1ccccc1. The predicted molar refractivity (Wildman–Crippen MR) is 81.1 cm³/mol. The van der Waals surface area contributed by atoms with Crippen LogP contribution in [0.15, 0.2) is 30.3 Å². The first-order valence-corrected chi connectivity index (χ1v) is 7.34. The lowest BCUT2D eigenvalue weighted by Crippen LogP contribution is -2.42. The minimum Gasteiger partial charge on any atom is -0.343 e. The molecule has 1 aromatic rings. The van der Waals surface area contributed by atoms with Crippen molar-refractivity contribution in [2.75, 3.05) is 13.1 Å². The van der Waals surface area contributed by atoms with E-state index < -0.39 is 0 Å². The van der Waals surface area contributed by atoms with Crippen LogP contribution in [-0.2, 0) is 11.2 Å². The summed E-state index contributed by atoms with van der Waals surface area (Å²) < 4.78 is 0. The number of rotatable bonds is 7. The van der Waals surface area contributed by atoms with Gasteiger partial charge in [0.1, 0.15) is 0 Å². The maximum Gasteiger partial charge on any atom is 0.228 e. The van der Waals surface area contributed by atoms with E-state index in [1.807, 2.05) is 23.1 Å². The molecule has 0 aromatic heterocycles. The number of benzene rings is 1. The van der Waals surface area contributed by atoms with Crippen LogP contribution in [0.3, 0.4) is 0 Å². The number of carbonyl (C=O) groups is 1. The van der Waals surface area contributed by atoms with Crippen molar-refractivity contribution >= 4 is 5.91 Å². The molecule has 2 nitrogen and oxygen atoms in total. The summed E-state index contributed by atoms with van der Waals surface area (Å²) in [5, 5.41) is 0. The van der Waals surface area contributed by atoms with E-state index in [1.54, 1.807) is 0 Å². The first-order valence-electron chi connectivity index (χ1n) is 7.34. The molecule has 1 amide bonds. The van der Waals surface area contributed by atoms with Gasteiger partial charge in [-0.1, -0.05) is 57.5 Å². The second-order valence-corrected chi connectivity index (χ2v) is 5.78. The highest BCUT2D eigenvalue weighted by atomic mass is 16.2. The third-order valence-corrected chi connectivity index (χ3v) is 3.52. The van der Waals surface area contributed by atoms with Crippen LogP contribution in [0.1, 0.15) is 46.1 Å². The molecule has 0 bridgehead atoms. The van der Waals surface area contributed by atoms with Crippen molar-refractivity contribution in [2.24, 2.45) is 5.41 Å². The molecule has 0 heterocycles. The third kappa shape index (κ3) is 4.70. The minimum absolute atomic E-state index is 0.271. The Labute approximate surface area is 117 Å². The summed E-state index contributed by atoms with van der Waals surface area (Å²) in [6, 6.07) is 10.3. The van der Waals surface area contributed by atoms with E-state index >= 15 is 0 Å². The maximum atomic E-state index is 12.6. The smallest absolute Gasteiger partial charge is 0.228 e. The zero-order chi connectivity index (χ0) is 14.3. The molecule has 2 heteroatoms. The summed E-state index contributed by atoms with van der Waals surface area (Å²) in [6.45, 7) is 10.0. The van der Waals surface area contributed by atoms with E-state index in [2.05, 4.69) is 39.8 Å². The van der Waals surface area contributed by atoms with Gasteiger partial charge < -0.3 is 4.90 Å². The molecule has 106 valence electrons. The molecule has 0 radical (unpaired) electrons. The first kappa shape index (κ1) is 15.7. The van der Waals surface area contributed by atoms with Crippen LogP contribution in [0.4, 0.5) is 0 Å². The van der Waals surface area contributed by atoms with Gasteiger partial charge >= 0.3 is 0 Å². The van der Waals surface area contributed by atoms with Crippen LogP contribution in [0.25, 0.3) is 0 Å². The highest BCUT2D eigenvalue weighted by molar-refractivity contribution is 5.82. The molecule has 1 aromatic carbocycles. The normalized spacial score (nSPS) is 11.4. The predicted octanol–water partition coefficient (Wildman–Crippen LogP) is 3.90. The third-order valence-electron chi connectivity index (χ3n) is 3.52. The van der Waals surface area contributed by atoms with E-state index in [-0.39, 0.29) is 11.3 Å². The van der Waals surface area contributed by atoms with Crippen molar-refractivity contribution in [3.63, 3.8) is 0 Å². The topological polar surface area (TPSA) is 20.3 Å². The molecular weight excluding hydrogens is 234 g/mol. The Morgan fingerprint density at radius 1 is 1.16 bits per heavy atom. The van der Waals surface area contributed by atoms with Gasteiger partial charge in [0.15, 0.2) is 0 Å². The monoisotopic (exact) mass is 261 g/mol.